The first-order chi connectivity index (χ1) is 16.6. The lowest BCUT2D eigenvalue weighted by Crippen LogP contribution is -2.17. The van der Waals surface area contributed by atoms with Gasteiger partial charge in [0.25, 0.3) is 5.91 Å². The van der Waals surface area contributed by atoms with Crippen molar-refractivity contribution in [3.05, 3.63) is 88.4 Å². The maximum atomic E-state index is 12.4. The van der Waals surface area contributed by atoms with Crippen LogP contribution in [0.3, 0.4) is 0 Å². The van der Waals surface area contributed by atoms with Crippen LogP contribution in [0, 0.1) is 0 Å². The van der Waals surface area contributed by atoms with Gasteiger partial charge in [0.15, 0.2) is 11.5 Å². The summed E-state index contributed by atoms with van der Waals surface area (Å²) in [4.78, 5) is 12.4. The third kappa shape index (κ3) is 7.81. The molecule has 178 valence electrons. The van der Waals surface area contributed by atoms with Crippen LogP contribution in [0.25, 0.3) is 0 Å². The number of halogens is 1. The standard InChI is InChI=1S/C27H29ClN2O4/c1-3-5-16-33-24-13-9-22(10-14-24)27(31)30-29-18-21-8-15-25(26(17-21)32-4-2)34-19-20-6-11-23(28)12-7-20/h6-15,17-18H,3-5,16,19H2,1-2H3,(H,30,31)/b29-18+. The number of unbranched alkanes of at least 4 members (excludes halogenated alkanes) is 1. The predicted molar refractivity (Wildman–Crippen MR) is 135 cm³/mol. The van der Waals surface area contributed by atoms with Crippen molar-refractivity contribution in [3.63, 3.8) is 0 Å². The maximum absolute atomic E-state index is 12.4. The van der Waals surface area contributed by atoms with Crippen molar-refractivity contribution in [2.45, 2.75) is 33.3 Å². The van der Waals surface area contributed by atoms with E-state index in [4.69, 9.17) is 25.8 Å². The first kappa shape index (κ1) is 25.1. The van der Waals surface area contributed by atoms with Gasteiger partial charge in [0.2, 0.25) is 0 Å². The van der Waals surface area contributed by atoms with Gasteiger partial charge in [-0.2, -0.15) is 5.10 Å². The Kier molecular flexibility index (Phi) is 9.80. The average molecular weight is 481 g/mol. The van der Waals surface area contributed by atoms with E-state index in [1.54, 1.807) is 30.5 Å². The van der Waals surface area contributed by atoms with E-state index in [-0.39, 0.29) is 5.91 Å². The van der Waals surface area contributed by atoms with E-state index >= 15 is 0 Å². The van der Waals surface area contributed by atoms with Crippen LogP contribution in [0.15, 0.2) is 71.8 Å². The van der Waals surface area contributed by atoms with Crippen molar-refractivity contribution in [2.75, 3.05) is 13.2 Å². The van der Waals surface area contributed by atoms with Gasteiger partial charge >= 0.3 is 0 Å². The SMILES string of the molecule is CCCCOc1ccc(C(=O)N/N=C/c2ccc(OCc3ccc(Cl)cc3)c(OCC)c2)cc1. The number of ether oxygens (including phenoxy) is 3. The number of carbonyl (C=O) groups is 1. The van der Waals surface area contributed by atoms with Gasteiger partial charge in [-0.05, 0) is 79.1 Å². The molecular formula is C27H29ClN2O4. The fourth-order valence-corrected chi connectivity index (χ4v) is 3.13. The van der Waals surface area contributed by atoms with Crippen molar-refractivity contribution in [1.29, 1.82) is 0 Å². The van der Waals surface area contributed by atoms with Gasteiger partial charge in [0.05, 0.1) is 19.4 Å². The highest BCUT2D eigenvalue weighted by molar-refractivity contribution is 6.30. The zero-order valence-corrected chi connectivity index (χ0v) is 20.2. The minimum Gasteiger partial charge on any atom is -0.494 e. The van der Waals surface area contributed by atoms with Crippen molar-refractivity contribution in [1.82, 2.24) is 5.43 Å². The van der Waals surface area contributed by atoms with Crippen molar-refractivity contribution in [2.24, 2.45) is 5.10 Å². The van der Waals surface area contributed by atoms with Gasteiger partial charge in [-0.1, -0.05) is 37.1 Å². The Balaban J connectivity index is 1.57. The van der Waals surface area contributed by atoms with E-state index in [2.05, 4.69) is 17.5 Å². The molecule has 0 aliphatic carbocycles. The van der Waals surface area contributed by atoms with Gasteiger partial charge < -0.3 is 14.2 Å². The molecule has 0 radical (unpaired) electrons. The van der Waals surface area contributed by atoms with Gasteiger partial charge in [-0.15, -0.1) is 0 Å². The highest BCUT2D eigenvalue weighted by atomic mass is 35.5. The summed E-state index contributed by atoms with van der Waals surface area (Å²) >= 11 is 5.93. The monoisotopic (exact) mass is 480 g/mol. The van der Waals surface area contributed by atoms with Crippen LogP contribution in [-0.4, -0.2) is 25.3 Å². The Bertz CT molecular complexity index is 1080. The van der Waals surface area contributed by atoms with Crippen molar-refractivity contribution >= 4 is 23.7 Å². The first-order valence-corrected chi connectivity index (χ1v) is 11.7. The molecule has 0 spiro atoms. The van der Waals surface area contributed by atoms with Gasteiger partial charge in [-0.25, -0.2) is 5.43 Å². The molecule has 3 rings (SSSR count). The molecule has 34 heavy (non-hydrogen) atoms. The van der Waals surface area contributed by atoms with Gasteiger partial charge in [0.1, 0.15) is 12.4 Å². The zero-order chi connectivity index (χ0) is 24.2. The summed E-state index contributed by atoms with van der Waals surface area (Å²) < 4.78 is 17.3. The second kappa shape index (κ2) is 13.3. The Morgan fingerprint density at radius 1 is 0.941 bits per heavy atom. The molecule has 0 saturated heterocycles. The fraction of sp³-hybridized carbons (Fsp3) is 0.259. The molecule has 1 amide bonds. The molecule has 0 saturated carbocycles. The number of hydrogen-bond donors (Lipinski definition) is 1. The van der Waals surface area contributed by atoms with Crippen molar-refractivity contribution < 1.29 is 19.0 Å². The quantitative estimate of drug-likeness (QED) is 0.189. The second-order valence-electron chi connectivity index (χ2n) is 7.48. The first-order valence-electron chi connectivity index (χ1n) is 11.3. The molecule has 0 heterocycles. The van der Waals surface area contributed by atoms with Crippen LogP contribution in [0.4, 0.5) is 0 Å². The molecule has 3 aromatic rings. The number of nitrogens with one attached hydrogen (secondary N) is 1. The smallest absolute Gasteiger partial charge is 0.271 e. The molecular weight excluding hydrogens is 452 g/mol. The lowest BCUT2D eigenvalue weighted by Gasteiger charge is -2.12. The largest absolute Gasteiger partial charge is 0.494 e. The molecule has 0 aliphatic rings. The van der Waals surface area contributed by atoms with Gasteiger partial charge in [0, 0.05) is 10.6 Å². The van der Waals surface area contributed by atoms with E-state index < -0.39 is 0 Å². The molecule has 7 heteroatoms. The zero-order valence-electron chi connectivity index (χ0n) is 19.4. The van der Waals surface area contributed by atoms with Gasteiger partial charge in [-0.3, -0.25) is 4.79 Å². The highest BCUT2D eigenvalue weighted by Gasteiger charge is 2.08. The Labute approximate surface area is 205 Å². The average Bonchev–Trinajstić information content (AvgIpc) is 2.85. The molecule has 0 fully saturated rings. The summed E-state index contributed by atoms with van der Waals surface area (Å²) in [6, 6.07) is 20.0. The third-order valence-corrected chi connectivity index (χ3v) is 5.09. The summed E-state index contributed by atoms with van der Waals surface area (Å²) in [5.41, 5.74) is 4.81. The highest BCUT2D eigenvalue weighted by Crippen LogP contribution is 2.29. The summed E-state index contributed by atoms with van der Waals surface area (Å²) in [7, 11) is 0. The topological polar surface area (TPSA) is 69.2 Å². The summed E-state index contributed by atoms with van der Waals surface area (Å²) in [5.74, 6) is 1.67. The van der Waals surface area contributed by atoms with E-state index in [0.29, 0.717) is 41.9 Å². The van der Waals surface area contributed by atoms with Crippen LogP contribution in [-0.2, 0) is 6.61 Å². The van der Waals surface area contributed by atoms with Crippen molar-refractivity contribution in [3.8, 4) is 17.2 Å². The number of hydrazone groups is 1. The number of amides is 1. The van der Waals surface area contributed by atoms with E-state index in [1.807, 2.05) is 49.4 Å². The molecule has 1 N–H and O–H groups in total. The molecule has 0 aromatic heterocycles. The normalized spacial score (nSPS) is 10.8. The number of rotatable bonds is 12. The van der Waals surface area contributed by atoms with E-state index in [1.165, 1.54) is 0 Å². The molecule has 3 aromatic carbocycles. The number of benzene rings is 3. The minimum absolute atomic E-state index is 0.302. The summed E-state index contributed by atoms with van der Waals surface area (Å²) in [6.07, 6.45) is 3.63. The summed E-state index contributed by atoms with van der Waals surface area (Å²) in [6.45, 7) is 5.57. The van der Waals surface area contributed by atoms with Crippen LogP contribution in [0.2, 0.25) is 5.02 Å². The van der Waals surface area contributed by atoms with Crippen LogP contribution in [0.5, 0.6) is 17.2 Å². The number of nitrogens with zero attached hydrogens (tertiary/aromatic N) is 1. The Hall–Kier alpha value is -3.51. The predicted octanol–water partition coefficient (Wildman–Crippen LogP) is 6.26. The maximum Gasteiger partial charge on any atom is 0.271 e. The fourth-order valence-electron chi connectivity index (χ4n) is 3.00. The van der Waals surface area contributed by atoms with E-state index in [9.17, 15) is 4.79 Å². The lowest BCUT2D eigenvalue weighted by atomic mass is 10.2. The molecule has 0 bridgehead atoms. The van der Waals surface area contributed by atoms with E-state index in [0.717, 1.165) is 29.7 Å². The molecule has 0 atom stereocenters. The Morgan fingerprint density at radius 3 is 2.41 bits per heavy atom. The number of hydrogen-bond acceptors (Lipinski definition) is 5. The lowest BCUT2D eigenvalue weighted by molar-refractivity contribution is 0.0955. The third-order valence-electron chi connectivity index (χ3n) is 4.84. The minimum atomic E-state index is -0.302. The molecule has 0 aliphatic heterocycles. The van der Waals surface area contributed by atoms with Crippen LogP contribution < -0.4 is 19.6 Å². The molecule has 6 nitrogen and oxygen atoms in total. The summed E-state index contributed by atoms with van der Waals surface area (Å²) in [5, 5.41) is 4.75. The number of carbonyl (C=O) groups excluding carboxylic acids is 1. The molecule has 0 unspecified atom stereocenters. The van der Waals surface area contributed by atoms with Crippen LogP contribution in [0.1, 0.15) is 48.2 Å². The second-order valence-corrected chi connectivity index (χ2v) is 7.92. The Morgan fingerprint density at radius 2 is 1.71 bits per heavy atom. The van der Waals surface area contributed by atoms with Crippen LogP contribution >= 0.6 is 11.6 Å².